The Bertz CT molecular complexity index is 3150. The summed E-state index contributed by atoms with van der Waals surface area (Å²) in [6, 6.07) is 66.9. The van der Waals surface area contributed by atoms with Gasteiger partial charge in [0.1, 0.15) is 11.2 Å². The molecule has 0 saturated heterocycles. The van der Waals surface area contributed by atoms with Gasteiger partial charge in [0.15, 0.2) is 17.5 Å². The lowest BCUT2D eigenvalue weighted by Crippen LogP contribution is -2.25. The van der Waals surface area contributed by atoms with Crippen LogP contribution in [0.3, 0.4) is 0 Å². The van der Waals surface area contributed by atoms with E-state index in [1.54, 1.807) is 0 Å². The molecule has 2 heterocycles. The van der Waals surface area contributed by atoms with Gasteiger partial charge in [-0.3, -0.25) is 0 Å². The van der Waals surface area contributed by atoms with E-state index in [0.29, 0.717) is 17.5 Å². The summed E-state index contributed by atoms with van der Waals surface area (Å²) in [5.74, 6) is 1.83. The summed E-state index contributed by atoms with van der Waals surface area (Å²) < 4.78 is 6.26. The van der Waals surface area contributed by atoms with Crippen molar-refractivity contribution in [3.8, 4) is 67.5 Å². The third-order valence-corrected chi connectivity index (χ3v) is 11.8. The van der Waals surface area contributed by atoms with E-state index >= 15 is 0 Å². The van der Waals surface area contributed by atoms with E-state index in [9.17, 15) is 0 Å². The monoisotopic (exact) mass is 713 g/mol. The Morgan fingerprint density at radius 3 is 1.48 bits per heavy atom. The molecule has 1 spiro atoms. The average molecular weight is 714 g/mol. The van der Waals surface area contributed by atoms with Gasteiger partial charge >= 0.3 is 0 Å². The Hall–Kier alpha value is -7.43. The Balaban J connectivity index is 1.02. The Morgan fingerprint density at radius 2 is 0.786 bits per heavy atom. The standard InChI is InChI=1S/C52H31N3O/c1-2-13-32(14-3-1)49-53-50(55-51(54-49)36-26-28-42-41-20-7-11-24-47(41)56-48(42)31-36)35-16-12-15-33(29-35)34-25-27-40-39-19-6-10-23-45(39)52(46(40)30-34)43-21-8-4-17-37(43)38-18-5-9-22-44(38)52/h1-31H. The van der Waals surface area contributed by atoms with E-state index in [1.165, 1.54) is 44.5 Å². The first-order valence-corrected chi connectivity index (χ1v) is 19.0. The molecule has 0 N–H and O–H groups in total. The number of hydrogen-bond donors (Lipinski definition) is 0. The Morgan fingerprint density at radius 1 is 0.304 bits per heavy atom. The van der Waals surface area contributed by atoms with Gasteiger partial charge in [-0.25, -0.2) is 15.0 Å². The van der Waals surface area contributed by atoms with Crippen molar-refractivity contribution in [3.63, 3.8) is 0 Å². The second-order valence-corrected chi connectivity index (χ2v) is 14.7. The molecule has 8 aromatic carbocycles. The summed E-state index contributed by atoms with van der Waals surface area (Å²) in [5.41, 5.74) is 16.7. The predicted octanol–water partition coefficient (Wildman–Crippen LogP) is 12.8. The van der Waals surface area contributed by atoms with Gasteiger partial charge in [-0.2, -0.15) is 0 Å². The van der Waals surface area contributed by atoms with Crippen LogP contribution in [-0.4, -0.2) is 15.0 Å². The summed E-state index contributed by atoms with van der Waals surface area (Å²) in [6.07, 6.45) is 0. The number of aromatic nitrogens is 3. The number of benzene rings is 8. The molecular formula is C52H31N3O. The van der Waals surface area contributed by atoms with Crippen LogP contribution < -0.4 is 0 Å². The van der Waals surface area contributed by atoms with Crippen molar-refractivity contribution in [2.24, 2.45) is 0 Å². The molecule has 4 nitrogen and oxygen atoms in total. The molecule has 12 rings (SSSR count). The first-order valence-electron chi connectivity index (χ1n) is 19.0. The molecule has 10 aromatic rings. The molecule has 0 radical (unpaired) electrons. The fraction of sp³-hybridized carbons (Fsp3) is 0.0192. The van der Waals surface area contributed by atoms with Crippen LogP contribution in [0.2, 0.25) is 0 Å². The van der Waals surface area contributed by atoms with Gasteiger partial charge in [0, 0.05) is 27.5 Å². The third kappa shape index (κ3) is 4.38. The summed E-state index contributed by atoms with van der Waals surface area (Å²) in [4.78, 5) is 15.2. The zero-order valence-corrected chi connectivity index (χ0v) is 30.1. The van der Waals surface area contributed by atoms with Gasteiger partial charge in [0.05, 0.1) is 5.41 Å². The highest BCUT2D eigenvalue weighted by molar-refractivity contribution is 6.05. The minimum absolute atomic E-state index is 0.401. The molecule has 0 saturated carbocycles. The van der Waals surface area contributed by atoms with Crippen molar-refractivity contribution in [2.45, 2.75) is 5.41 Å². The summed E-state index contributed by atoms with van der Waals surface area (Å²) in [5, 5.41) is 2.16. The predicted molar refractivity (Wildman–Crippen MR) is 225 cm³/mol. The largest absolute Gasteiger partial charge is 0.456 e. The minimum atomic E-state index is -0.401. The maximum atomic E-state index is 6.26. The van der Waals surface area contributed by atoms with Crippen molar-refractivity contribution in [1.29, 1.82) is 0 Å². The number of rotatable bonds is 4. The van der Waals surface area contributed by atoms with Crippen LogP contribution in [0.4, 0.5) is 0 Å². The van der Waals surface area contributed by atoms with Crippen LogP contribution in [0, 0.1) is 0 Å². The molecule has 2 aliphatic rings. The van der Waals surface area contributed by atoms with Crippen LogP contribution in [0.15, 0.2) is 192 Å². The Kier molecular flexibility index (Phi) is 6.52. The fourth-order valence-corrected chi connectivity index (χ4v) is 9.33. The van der Waals surface area contributed by atoms with Gasteiger partial charge in [-0.1, -0.05) is 158 Å². The van der Waals surface area contributed by atoms with E-state index in [2.05, 4.69) is 133 Å². The van der Waals surface area contributed by atoms with Gasteiger partial charge < -0.3 is 4.42 Å². The van der Waals surface area contributed by atoms with Crippen molar-refractivity contribution < 1.29 is 4.42 Å². The number of furan rings is 1. The molecule has 2 aromatic heterocycles. The molecule has 0 aliphatic heterocycles. The molecule has 2 aliphatic carbocycles. The zero-order valence-electron chi connectivity index (χ0n) is 30.1. The molecule has 260 valence electrons. The lowest BCUT2D eigenvalue weighted by molar-refractivity contribution is 0.669. The van der Waals surface area contributed by atoms with Crippen LogP contribution in [0.5, 0.6) is 0 Å². The number of para-hydroxylation sites is 1. The van der Waals surface area contributed by atoms with Gasteiger partial charge in [-0.15, -0.1) is 0 Å². The molecule has 0 unspecified atom stereocenters. The molecule has 0 bridgehead atoms. The highest BCUT2D eigenvalue weighted by atomic mass is 16.3. The maximum absolute atomic E-state index is 6.26. The normalized spacial score (nSPS) is 13.1. The highest BCUT2D eigenvalue weighted by Gasteiger charge is 2.51. The van der Waals surface area contributed by atoms with Crippen molar-refractivity contribution >= 4 is 21.9 Å². The van der Waals surface area contributed by atoms with E-state index in [4.69, 9.17) is 19.4 Å². The maximum Gasteiger partial charge on any atom is 0.164 e. The van der Waals surface area contributed by atoms with Crippen LogP contribution in [0.1, 0.15) is 22.3 Å². The Labute approximate surface area is 323 Å². The smallest absolute Gasteiger partial charge is 0.164 e. The van der Waals surface area contributed by atoms with E-state index < -0.39 is 5.41 Å². The minimum Gasteiger partial charge on any atom is -0.456 e. The topological polar surface area (TPSA) is 51.8 Å². The first kappa shape index (κ1) is 31.0. The highest BCUT2D eigenvalue weighted by Crippen LogP contribution is 2.63. The third-order valence-electron chi connectivity index (χ3n) is 11.8. The summed E-state index contributed by atoms with van der Waals surface area (Å²) >= 11 is 0. The fourth-order valence-electron chi connectivity index (χ4n) is 9.33. The first-order chi connectivity index (χ1) is 27.7. The number of fused-ring (bicyclic) bond motifs is 13. The van der Waals surface area contributed by atoms with Crippen LogP contribution in [0.25, 0.3) is 89.5 Å². The molecule has 0 fully saturated rings. The lowest BCUT2D eigenvalue weighted by Gasteiger charge is -2.30. The van der Waals surface area contributed by atoms with E-state index in [1.807, 2.05) is 54.6 Å². The number of hydrogen-bond acceptors (Lipinski definition) is 4. The molecule has 4 heteroatoms. The number of nitrogens with zero attached hydrogens (tertiary/aromatic N) is 3. The molecule has 0 atom stereocenters. The SMILES string of the molecule is c1ccc(-c2nc(-c3cccc(-c4ccc5c(c4)C4(c6ccccc6-c6ccccc64)c4ccccc4-5)c3)nc(-c3ccc4c(c3)oc3ccccc34)n2)cc1. The van der Waals surface area contributed by atoms with Crippen LogP contribution >= 0.6 is 0 Å². The lowest BCUT2D eigenvalue weighted by atomic mass is 9.70. The second kappa shape index (κ2) is 11.8. The van der Waals surface area contributed by atoms with Crippen molar-refractivity contribution in [3.05, 3.63) is 210 Å². The molecular weight excluding hydrogens is 683 g/mol. The van der Waals surface area contributed by atoms with Gasteiger partial charge in [-0.05, 0) is 86.0 Å². The van der Waals surface area contributed by atoms with E-state index in [0.717, 1.165) is 49.8 Å². The van der Waals surface area contributed by atoms with Crippen molar-refractivity contribution in [1.82, 2.24) is 15.0 Å². The zero-order chi connectivity index (χ0) is 36.8. The van der Waals surface area contributed by atoms with Gasteiger partial charge in [0.25, 0.3) is 0 Å². The van der Waals surface area contributed by atoms with Crippen LogP contribution in [-0.2, 0) is 5.41 Å². The second-order valence-electron chi connectivity index (χ2n) is 14.7. The average Bonchev–Trinajstić information content (AvgIpc) is 3.90. The summed E-state index contributed by atoms with van der Waals surface area (Å²) in [6.45, 7) is 0. The van der Waals surface area contributed by atoms with Gasteiger partial charge in [0.2, 0.25) is 0 Å². The summed E-state index contributed by atoms with van der Waals surface area (Å²) in [7, 11) is 0. The van der Waals surface area contributed by atoms with Crippen molar-refractivity contribution in [2.75, 3.05) is 0 Å². The van der Waals surface area contributed by atoms with E-state index in [-0.39, 0.29) is 0 Å². The molecule has 56 heavy (non-hydrogen) atoms. The quantitative estimate of drug-likeness (QED) is 0.182. The molecule has 0 amide bonds.